The smallest absolute Gasteiger partial charge is 0.264 e. The van der Waals surface area contributed by atoms with Crippen LogP contribution in [-0.4, -0.2) is 33.5 Å². The zero-order valence-electron chi connectivity index (χ0n) is 17.2. The first-order chi connectivity index (χ1) is 14.5. The van der Waals surface area contributed by atoms with E-state index in [4.69, 9.17) is 4.74 Å². The van der Waals surface area contributed by atoms with Gasteiger partial charge in [-0.05, 0) is 74.4 Å². The van der Waals surface area contributed by atoms with Crippen LogP contribution in [0.15, 0.2) is 59.5 Å². The van der Waals surface area contributed by atoms with Crippen molar-refractivity contribution >= 4 is 21.6 Å². The molecule has 160 valence electrons. The van der Waals surface area contributed by atoms with Gasteiger partial charge < -0.3 is 10.1 Å². The van der Waals surface area contributed by atoms with Crippen LogP contribution in [0, 0.1) is 11.8 Å². The number of hydrogen-bond donors (Lipinski definition) is 1. The van der Waals surface area contributed by atoms with Gasteiger partial charge in [0.05, 0.1) is 17.2 Å². The Kier molecular flexibility index (Phi) is 5.99. The molecule has 2 aromatic carbocycles. The van der Waals surface area contributed by atoms with Crippen molar-refractivity contribution in [3.8, 4) is 5.75 Å². The number of ether oxygens (including phenoxy) is 1. The number of rotatable bonds is 8. The molecule has 2 bridgehead atoms. The Morgan fingerprint density at radius 1 is 1.07 bits per heavy atom. The van der Waals surface area contributed by atoms with Crippen molar-refractivity contribution < 1.29 is 17.9 Å². The SMILES string of the molecule is CCOc1ccc(S(=O)(=O)N(CC(=O)N[C@H]2C[C@@H]3CC[C@@H]2C3)c2ccccc2)cc1. The second-order valence-corrected chi connectivity index (χ2v) is 9.96. The van der Waals surface area contributed by atoms with Crippen molar-refractivity contribution in [3.63, 3.8) is 0 Å². The number of carbonyl (C=O) groups excluding carboxylic acids is 1. The Labute approximate surface area is 178 Å². The highest BCUT2D eigenvalue weighted by molar-refractivity contribution is 7.92. The Morgan fingerprint density at radius 2 is 1.80 bits per heavy atom. The molecule has 30 heavy (non-hydrogen) atoms. The first-order valence-corrected chi connectivity index (χ1v) is 12.0. The molecule has 4 rings (SSSR count). The number of para-hydroxylation sites is 1. The number of carbonyl (C=O) groups is 1. The maximum absolute atomic E-state index is 13.4. The largest absolute Gasteiger partial charge is 0.494 e. The van der Waals surface area contributed by atoms with E-state index in [9.17, 15) is 13.2 Å². The summed E-state index contributed by atoms with van der Waals surface area (Å²) in [6.45, 7) is 2.13. The molecule has 0 radical (unpaired) electrons. The molecule has 2 aliphatic rings. The molecule has 2 aromatic rings. The minimum atomic E-state index is -3.91. The second-order valence-electron chi connectivity index (χ2n) is 8.10. The van der Waals surface area contributed by atoms with E-state index < -0.39 is 10.0 Å². The summed E-state index contributed by atoms with van der Waals surface area (Å²) in [6.07, 6.45) is 4.59. The predicted molar refractivity (Wildman–Crippen MR) is 116 cm³/mol. The van der Waals surface area contributed by atoms with Crippen LogP contribution in [0.5, 0.6) is 5.75 Å². The van der Waals surface area contributed by atoms with Gasteiger partial charge in [0, 0.05) is 6.04 Å². The molecule has 1 N–H and O–H groups in total. The van der Waals surface area contributed by atoms with Crippen LogP contribution >= 0.6 is 0 Å². The Balaban J connectivity index is 1.55. The zero-order valence-corrected chi connectivity index (χ0v) is 18.0. The van der Waals surface area contributed by atoms with E-state index >= 15 is 0 Å². The lowest BCUT2D eigenvalue weighted by atomic mass is 9.95. The number of fused-ring (bicyclic) bond motifs is 2. The van der Waals surface area contributed by atoms with Crippen molar-refractivity contribution in [2.45, 2.75) is 43.5 Å². The standard InChI is InChI=1S/C23H28N2O4S/c1-2-29-20-10-12-21(13-11-20)30(27,28)25(19-6-4-3-5-7-19)16-23(26)24-22-15-17-8-9-18(22)14-17/h3-7,10-13,17-18,22H,2,8-9,14-16H2,1H3,(H,24,26)/t17-,18-,22+/m1/s1. The fraction of sp³-hybridized carbons (Fsp3) is 0.435. The summed E-state index contributed by atoms with van der Waals surface area (Å²) in [5.41, 5.74) is 0.467. The van der Waals surface area contributed by atoms with Gasteiger partial charge in [0.25, 0.3) is 10.0 Å². The molecule has 2 aliphatic carbocycles. The molecule has 2 saturated carbocycles. The Hall–Kier alpha value is -2.54. The van der Waals surface area contributed by atoms with E-state index in [-0.39, 0.29) is 23.4 Å². The fourth-order valence-electron chi connectivity index (χ4n) is 4.72. The minimum absolute atomic E-state index is 0.127. The van der Waals surface area contributed by atoms with Crippen LogP contribution in [0.1, 0.15) is 32.6 Å². The number of amides is 1. The first kappa shape index (κ1) is 20.7. The lowest BCUT2D eigenvalue weighted by Crippen LogP contribution is -2.45. The topological polar surface area (TPSA) is 75.7 Å². The average molecular weight is 429 g/mol. The molecule has 1 amide bonds. The number of hydrogen-bond acceptors (Lipinski definition) is 4. The number of nitrogens with zero attached hydrogens (tertiary/aromatic N) is 1. The molecule has 0 aromatic heterocycles. The molecular weight excluding hydrogens is 400 g/mol. The van der Waals surface area contributed by atoms with Crippen molar-refractivity contribution in [1.29, 1.82) is 0 Å². The second kappa shape index (κ2) is 8.68. The number of anilines is 1. The Morgan fingerprint density at radius 3 is 2.40 bits per heavy atom. The first-order valence-electron chi connectivity index (χ1n) is 10.6. The lowest BCUT2D eigenvalue weighted by Gasteiger charge is -2.27. The van der Waals surface area contributed by atoms with Crippen molar-refractivity contribution in [1.82, 2.24) is 5.32 Å². The molecule has 6 nitrogen and oxygen atoms in total. The quantitative estimate of drug-likeness (QED) is 0.697. The molecule has 0 aliphatic heterocycles. The summed E-state index contributed by atoms with van der Waals surface area (Å²) in [4.78, 5) is 13.0. The van der Waals surface area contributed by atoms with Crippen molar-refractivity contribution in [3.05, 3.63) is 54.6 Å². The van der Waals surface area contributed by atoms with E-state index in [0.29, 0.717) is 29.9 Å². The van der Waals surface area contributed by atoms with Gasteiger partial charge in [-0.25, -0.2) is 8.42 Å². The molecular formula is C23H28N2O4S. The van der Waals surface area contributed by atoms with E-state index in [1.54, 1.807) is 36.4 Å². The number of nitrogens with one attached hydrogen (secondary N) is 1. The van der Waals surface area contributed by atoms with Gasteiger partial charge in [0.15, 0.2) is 0 Å². The van der Waals surface area contributed by atoms with E-state index in [1.807, 2.05) is 13.0 Å². The van der Waals surface area contributed by atoms with Crippen LogP contribution < -0.4 is 14.4 Å². The molecule has 3 atom stereocenters. The summed E-state index contributed by atoms with van der Waals surface area (Å²) in [5, 5.41) is 3.09. The highest BCUT2D eigenvalue weighted by atomic mass is 32.2. The Bertz CT molecular complexity index is 976. The number of sulfonamides is 1. The third-order valence-electron chi connectivity index (χ3n) is 6.14. The van der Waals surface area contributed by atoms with Gasteiger partial charge in [-0.2, -0.15) is 0 Å². The average Bonchev–Trinajstić information content (AvgIpc) is 3.36. The summed E-state index contributed by atoms with van der Waals surface area (Å²) >= 11 is 0. The third kappa shape index (κ3) is 4.31. The maximum atomic E-state index is 13.4. The van der Waals surface area contributed by atoms with Crippen LogP contribution in [0.4, 0.5) is 5.69 Å². The highest BCUT2D eigenvalue weighted by Gasteiger charge is 2.40. The predicted octanol–water partition coefficient (Wildman–Crippen LogP) is 3.59. The van der Waals surface area contributed by atoms with Gasteiger partial charge >= 0.3 is 0 Å². The van der Waals surface area contributed by atoms with Gasteiger partial charge in [0.2, 0.25) is 5.91 Å². The molecule has 0 heterocycles. The molecule has 2 fully saturated rings. The summed E-state index contributed by atoms with van der Waals surface area (Å²) < 4.78 is 33.4. The van der Waals surface area contributed by atoms with Gasteiger partial charge in [-0.3, -0.25) is 9.10 Å². The molecule has 0 spiro atoms. The van der Waals surface area contributed by atoms with E-state index in [1.165, 1.54) is 29.3 Å². The van der Waals surface area contributed by atoms with Gasteiger partial charge in [0.1, 0.15) is 12.3 Å². The number of benzene rings is 2. The molecule has 7 heteroatoms. The normalized spacial score (nSPS) is 22.6. The molecule has 0 unspecified atom stereocenters. The van der Waals surface area contributed by atoms with Crippen molar-refractivity contribution in [2.75, 3.05) is 17.5 Å². The molecule has 0 saturated heterocycles. The van der Waals surface area contributed by atoms with Crippen LogP contribution in [0.2, 0.25) is 0 Å². The monoisotopic (exact) mass is 428 g/mol. The van der Waals surface area contributed by atoms with Crippen LogP contribution in [-0.2, 0) is 14.8 Å². The van der Waals surface area contributed by atoms with Crippen LogP contribution in [0.3, 0.4) is 0 Å². The zero-order chi connectivity index (χ0) is 21.1. The third-order valence-corrected chi connectivity index (χ3v) is 7.93. The van der Waals surface area contributed by atoms with E-state index in [2.05, 4.69) is 5.32 Å². The minimum Gasteiger partial charge on any atom is -0.494 e. The summed E-state index contributed by atoms with van der Waals surface area (Å²) in [6, 6.07) is 15.2. The summed E-state index contributed by atoms with van der Waals surface area (Å²) in [7, 11) is -3.91. The maximum Gasteiger partial charge on any atom is 0.264 e. The highest BCUT2D eigenvalue weighted by Crippen LogP contribution is 2.44. The lowest BCUT2D eigenvalue weighted by molar-refractivity contribution is -0.120. The van der Waals surface area contributed by atoms with Gasteiger partial charge in [-0.15, -0.1) is 0 Å². The van der Waals surface area contributed by atoms with E-state index in [0.717, 1.165) is 12.8 Å². The van der Waals surface area contributed by atoms with Crippen LogP contribution in [0.25, 0.3) is 0 Å². The van der Waals surface area contributed by atoms with Gasteiger partial charge in [-0.1, -0.05) is 24.6 Å². The fourth-order valence-corrected chi connectivity index (χ4v) is 6.14. The summed E-state index contributed by atoms with van der Waals surface area (Å²) in [5.74, 6) is 1.59. The van der Waals surface area contributed by atoms with Crippen molar-refractivity contribution in [2.24, 2.45) is 11.8 Å².